The minimum Gasteiger partial charge on any atom is -0.396 e. The van der Waals surface area contributed by atoms with Crippen molar-refractivity contribution in [2.45, 2.75) is 0 Å². The zero-order valence-electron chi connectivity index (χ0n) is 5.33. The van der Waals surface area contributed by atoms with E-state index in [1.807, 2.05) is 30.3 Å². The average molecular weight is 218 g/mol. The van der Waals surface area contributed by atoms with Crippen molar-refractivity contribution in [2.75, 3.05) is 0 Å². The molecule has 0 bridgehead atoms. The zero-order chi connectivity index (χ0) is 7.82. The molecule has 1 aromatic carbocycles. The number of thiocarbonyl (C=S) groups is 1. The summed E-state index contributed by atoms with van der Waals surface area (Å²) in [4.78, 5) is 0. The Morgan fingerprint density at radius 1 is 1.30 bits per heavy atom. The second-order valence-electron chi connectivity index (χ2n) is 1.43. The first kappa shape index (κ1) is 9.59. The van der Waals surface area contributed by atoms with Gasteiger partial charge in [-0.15, -0.1) is 0 Å². The van der Waals surface area contributed by atoms with Crippen LogP contribution in [0.1, 0.15) is 0 Å². The molecule has 0 saturated heterocycles. The highest BCUT2D eigenvalue weighted by Crippen LogP contribution is 2.05. The molecule has 0 saturated carbocycles. The summed E-state index contributed by atoms with van der Waals surface area (Å²) in [6, 6.07) is 9.97. The lowest BCUT2D eigenvalue weighted by molar-refractivity contribution is 1.66. The molecule has 0 atom stereocenters. The number of hydrogen-bond acceptors (Lipinski definition) is 1. The minimum atomic E-state index is 1.08. The summed E-state index contributed by atoms with van der Waals surface area (Å²) in [5, 5.41) is 0. The lowest BCUT2D eigenvalue weighted by Gasteiger charge is -1.80. The van der Waals surface area contributed by atoms with E-state index in [1.165, 1.54) is 0 Å². The first-order valence-corrected chi connectivity index (χ1v) is 3.93. The molecule has 0 aliphatic rings. The fraction of sp³-hybridized carbons (Fsp3) is 0. The first-order chi connectivity index (χ1) is 4.81. The molecule has 1 nitrogen and oxygen atoms in total. The van der Waals surface area contributed by atoms with Crippen LogP contribution in [0.2, 0.25) is 0 Å². The molecule has 0 spiro atoms. The Bertz CT molecular complexity index is 176. The maximum Gasteiger partial charge on any atom is 0.0588 e. The Labute approximate surface area is 74.4 Å². The number of halogens is 1. The van der Waals surface area contributed by atoms with Gasteiger partial charge in [0.2, 0.25) is 0 Å². The maximum absolute atomic E-state index is 4.54. The van der Waals surface area contributed by atoms with Gasteiger partial charge in [-0.25, -0.2) is 0 Å². The zero-order valence-corrected chi connectivity index (χ0v) is 7.73. The van der Waals surface area contributed by atoms with Gasteiger partial charge in [0, 0.05) is 4.47 Å². The van der Waals surface area contributed by atoms with Gasteiger partial charge in [-0.05, 0) is 12.1 Å². The van der Waals surface area contributed by atoms with Crippen molar-refractivity contribution in [1.82, 2.24) is 0 Å². The minimum absolute atomic E-state index is 1.08. The molecule has 54 valence electrons. The summed E-state index contributed by atoms with van der Waals surface area (Å²) in [5.41, 5.74) is 5.62. The SMILES string of the molecule is Brc1ccccc1.NC=S. The van der Waals surface area contributed by atoms with Crippen LogP contribution in [0.3, 0.4) is 0 Å². The summed E-state index contributed by atoms with van der Waals surface area (Å²) in [6.45, 7) is 0. The van der Waals surface area contributed by atoms with Crippen LogP contribution in [0.15, 0.2) is 34.8 Å². The summed E-state index contributed by atoms with van der Waals surface area (Å²) in [7, 11) is 0. The third-order valence-electron chi connectivity index (χ3n) is 0.733. The quantitative estimate of drug-likeness (QED) is 0.676. The van der Waals surface area contributed by atoms with Gasteiger partial charge < -0.3 is 5.73 Å². The number of rotatable bonds is 0. The second kappa shape index (κ2) is 6.71. The van der Waals surface area contributed by atoms with E-state index in [0.717, 1.165) is 9.96 Å². The number of hydrogen-bond donors (Lipinski definition) is 1. The number of benzene rings is 1. The van der Waals surface area contributed by atoms with Crippen molar-refractivity contribution < 1.29 is 0 Å². The van der Waals surface area contributed by atoms with Crippen LogP contribution in [0.25, 0.3) is 0 Å². The molecule has 0 unspecified atom stereocenters. The molecule has 0 heterocycles. The fourth-order valence-electron chi connectivity index (χ4n) is 0.415. The molecule has 1 rings (SSSR count). The molecule has 1 aromatic rings. The Hall–Kier alpha value is -0.410. The van der Waals surface area contributed by atoms with Crippen LogP contribution in [-0.4, -0.2) is 5.49 Å². The van der Waals surface area contributed by atoms with E-state index in [0.29, 0.717) is 0 Å². The van der Waals surface area contributed by atoms with Gasteiger partial charge in [-0.3, -0.25) is 0 Å². The van der Waals surface area contributed by atoms with Crippen LogP contribution in [0, 0.1) is 0 Å². The highest BCUT2D eigenvalue weighted by Gasteiger charge is 1.74. The van der Waals surface area contributed by atoms with Gasteiger partial charge in [-0.1, -0.05) is 46.3 Å². The number of nitrogens with two attached hydrogens (primary N) is 1. The van der Waals surface area contributed by atoms with Crippen LogP contribution in [-0.2, 0) is 0 Å². The lowest BCUT2D eigenvalue weighted by Crippen LogP contribution is -1.79. The van der Waals surface area contributed by atoms with E-state index < -0.39 is 0 Å². The molecule has 0 fully saturated rings. The Balaban J connectivity index is 0.000000236. The molecule has 0 amide bonds. The van der Waals surface area contributed by atoms with Crippen LogP contribution < -0.4 is 5.73 Å². The fourth-order valence-corrected chi connectivity index (χ4v) is 0.720. The van der Waals surface area contributed by atoms with Crippen molar-refractivity contribution in [1.29, 1.82) is 0 Å². The van der Waals surface area contributed by atoms with Crippen LogP contribution >= 0.6 is 28.1 Å². The average Bonchev–Trinajstić information content (AvgIpc) is 1.91. The Morgan fingerprint density at radius 3 is 1.90 bits per heavy atom. The molecular formula is C7H8BrNS. The Morgan fingerprint density at radius 2 is 1.70 bits per heavy atom. The van der Waals surface area contributed by atoms with Gasteiger partial charge >= 0.3 is 0 Å². The van der Waals surface area contributed by atoms with Crippen molar-refractivity contribution >= 4 is 33.6 Å². The highest BCUT2D eigenvalue weighted by atomic mass is 79.9. The summed E-state index contributed by atoms with van der Waals surface area (Å²) in [6.07, 6.45) is 0. The molecule has 0 aromatic heterocycles. The van der Waals surface area contributed by atoms with Crippen molar-refractivity contribution in [3.63, 3.8) is 0 Å². The third-order valence-corrected chi connectivity index (χ3v) is 1.26. The third kappa shape index (κ3) is 5.72. The molecule has 2 N–H and O–H groups in total. The molecule has 0 aliphatic heterocycles. The van der Waals surface area contributed by atoms with Crippen LogP contribution in [0.4, 0.5) is 0 Å². The van der Waals surface area contributed by atoms with E-state index in [-0.39, 0.29) is 0 Å². The van der Waals surface area contributed by atoms with Crippen molar-refractivity contribution in [3.8, 4) is 0 Å². The van der Waals surface area contributed by atoms with Gasteiger partial charge in [0.25, 0.3) is 0 Å². The van der Waals surface area contributed by atoms with Crippen LogP contribution in [0.5, 0.6) is 0 Å². The molecule has 0 aliphatic carbocycles. The van der Waals surface area contributed by atoms with Gasteiger partial charge in [0.15, 0.2) is 0 Å². The summed E-state index contributed by atoms with van der Waals surface area (Å²) < 4.78 is 1.13. The predicted molar refractivity (Wildman–Crippen MR) is 52.0 cm³/mol. The predicted octanol–water partition coefficient (Wildman–Crippen LogP) is 2.35. The van der Waals surface area contributed by atoms with Gasteiger partial charge in [0.05, 0.1) is 5.49 Å². The smallest absolute Gasteiger partial charge is 0.0588 e. The van der Waals surface area contributed by atoms with E-state index in [2.05, 4.69) is 33.9 Å². The molecule has 0 radical (unpaired) electrons. The van der Waals surface area contributed by atoms with Gasteiger partial charge in [-0.2, -0.15) is 0 Å². The van der Waals surface area contributed by atoms with E-state index >= 15 is 0 Å². The van der Waals surface area contributed by atoms with E-state index in [1.54, 1.807) is 0 Å². The maximum atomic E-state index is 4.54. The lowest BCUT2D eigenvalue weighted by atomic mass is 10.4. The largest absolute Gasteiger partial charge is 0.396 e. The molecule has 10 heavy (non-hydrogen) atoms. The highest BCUT2D eigenvalue weighted by molar-refractivity contribution is 9.10. The topological polar surface area (TPSA) is 26.0 Å². The summed E-state index contributed by atoms with van der Waals surface area (Å²) >= 11 is 7.36. The molecule has 3 heteroatoms. The van der Waals surface area contributed by atoms with Gasteiger partial charge in [0.1, 0.15) is 0 Å². The first-order valence-electron chi connectivity index (χ1n) is 2.67. The summed E-state index contributed by atoms with van der Waals surface area (Å²) in [5.74, 6) is 0. The van der Waals surface area contributed by atoms with E-state index in [9.17, 15) is 0 Å². The molecular weight excluding hydrogens is 210 g/mol. The van der Waals surface area contributed by atoms with Crippen molar-refractivity contribution in [2.24, 2.45) is 5.73 Å². The normalized spacial score (nSPS) is 7.30. The van der Waals surface area contributed by atoms with Crippen molar-refractivity contribution in [3.05, 3.63) is 34.8 Å². The second-order valence-corrected chi connectivity index (χ2v) is 2.62. The standard InChI is InChI=1S/C6H5Br.CH3NS/c7-6-4-2-1-3-5-6;2-1-3/h1-5H;1H,(H2,2,3). The monoisotopic (exact) mass is 217 g/mol. The van der Waals surface area contributed by atoms with E-state index in [4.69, 9.17) is 0 Å². The Kier molecular flexibility index (Phi) is 6.43.